The fraction of sp³-hybridized carbons (Fsp3) is 0.615. The van der Waals surface area contributed by atoms with Crippen LogP contribution >= 0.6 is 11.3 Å². The molecule has 0 radical (unpaired) electrons. The molecule has 0 spiro atoms. The minimum atomic E-state index is 0.209. The van der Waals surface area contributed by atoms with Crippen LogP contribution in [0.25, 0.3) is 0 Å². The molecule has 3 rings (SSSR count). The molecule has 92 valence electrons. The summed E-state index contributed by atoms with van der Waals surface area (Å²) < 4.78 is 5.39. The number of hydrogen-bond acceptors (Lipinski definition) is 3. The van der Waals surface area contributed by atoms with E-state index in [4.69, 9.17) is 4.74 Å². The first-order chi connectivity index (χ1) is 8.34. The Bertz CT molecular complexity index is 380. The zero-order chi connectivity index (χ0) is 11.7. The highest BCUT2D eigenvalue weighted by atomic mass is 32.1. The number of nitrogens with zero attached hydrogens (tertiary/aromatic N) is 1. The minimum absolute atomic E-state index is 0.209. The van der Waals surface area contributed by atoms with Gasteiger partial charge >= 0.3 is 0 Å². The molecule has 1 atom stereocenters. The maximum atomic E-state index is 12.4. The Morgan fingerprint density at radius 2 is 2.35 bits per heavy atom. The molecular formula is C13H17NO2S. The summed E-state index contributed by atoms with van der Waals surface area (Å²) in [6, 6.07) is 2.41. The van der Waals surface area contributed by atoms with Gasteiger partial charge in [-0.25, -0.2) is 0 Å². The van der Waals surface area contributed by atoms with Gasteiger partial charge < -0.3 is 9.64 Å². The number of rotatable bonds is 4. The van der Waals surface area contributed by atoms with E-state index in [2.05, 4.69) is 4.90 Å². The van der Waals surface area contributed by atoms with Crippen LogP contribution in [-0.2, 0) is 4.74 Å². The summed E-state index contributed by atoms with van der Waals surface area (Å²) in [4.78, 5) is 14.4. The summed E-state index contributed by atoms with van der Waals surface area (Å²) in [5.41, 5.74) is 0.848. The van der Waals surface area contributed by atoms with Crippen molar-refractivity contribution in [1.29, 1.82) is 0 Å². The van der Waals surface area contributed by atoms with E-state index in [1.54, 1.807) is 11.3 Å². The predicted octanol–water partition coefficient (Wildman–Crippen LogP) is 2.39. The third kappa shape index (κ3) is 2.53. The fourth-order valence-corrected chi connectivity index (χ4v) is 2.97. The molecule has 1 aromatic heterocycles. The van der Waals surface area contributed by atoms with Crippen molar-refractivity contribution >= 4 is 17.2 Å². The first-order valence-electron chi connectivity index (χ1n) is 6.25. The zero-order valence-corrected chi connectivity index (χ0v) is 10.6. The monoisotopic (exact) mass is 251 g/mol. The highest BCUT2D eigenvalue weighted by molar-refractivity contribution is 7.08. The number of carbonyl (C=O) groups excluding carboxylic acids is 1. The highest BCUT2D eigenvalue weighted by Crippen LogP contribution is 2.30. The third-order valence-electron chi connectivity index (χ3n) is 3.50. The Balaban J connectivity index is 1.69. The van der Waals surface area contributed by atoms with Gasteiger partial charge in [-0.05, 0) is 30.7 Å². The van der Waals surface area contributed by atoms with Crippen LogP contribution in [0, 0.1) is 5.92 Å². The Labute approximate surface area is 105 Å². The Kier molecular flexibility index (Phi) is 3.16. The minimum Gasteiger partial charge on any atom is -0.381 e. The van der Waals surface area contributed by atoms with Crippen LogP contribution in [-0.4, -0.2) is 36.6 Å². The van der Waals surface area contributed by atoms with Crippen LogP contribution in [0.1, 0.15) is 29.6 Å². The van der Waals surface area contributed by atoms with Crippen LogP contribution < -0.4 is 0 Å². The summed E-state index contributed by atoms with van der Waals surface area (Å²) in [5, 5.41) is 3.92. The third-order valence-corrected chi connectivity index (χ3v) is 4.18. The molecule has 3 nitrogen and oxygen atoms in total. The van der Waals surface area contributed by atoms with Gasteiger partial charge in [-0.1, -0.05) is 0 Å². The average molecular weight is 251 g/mol. The van der Waals surface area contributed by atoms with Gasteiger partial charge in [-0.3, -0.25) is 4.79 Å². The molecule has 1 aromatic rings. The SMILES string of the molecule is O=C(c1ccsc1)N(C[C@@H]1CCOC1)C1CC1. The number of hydrogen-bond donors (Lipinski definition) is 0. The molecule has 1 amide bonds. The van der Waals surface area contributed by atoms with E-state index < -0.39 is 0 Å². The quantitative estimate of drug-likeness (QED) is 0.822. The second-order valence-corrected chi connectivity index (χ2v) is 5.71. The lowest BCUT2D eigenvalue weighted by atomic mass is 10.1. The molecule has 0 unspecified atom stereocenters. The number of carbonyl (C=O) groups is 1. The molecule has 1 aliphatic heterocycles. The van der Waals surface area contributed by atoms with Crippen molar-refractivity contribution in [1.82, 2.24) is 4.90 Å². The van der Waals surface area contributed by atoms with Crippen LogP contribution in [0.5, 0.6) is 0 Å². The summed E-state index contributed by atoms with van der Waals surface area (Å²) in [6.45, 7) is 2.55. The second-order valence-electron chi connectivity index (χ2n) is 4.93. The van der Waals surface area contributed by atoms with Crippen molar-refractivity contribution in [2.75, 3.05) is 19.8 Å². The van der Waals surface area contributed by atoms with Crippen molar-refractivity contribution in [3.05, 3.63) is 22.4 Å². The molecule has 4 heteroatoms. The Morgan fingerprint density at radius 1 is 1.47 bits per heavy atom. The lowest BCUT2D eigenvalue weighted by Crippen LogP contribution is -2.37. The van der Waals surface area contributed by atoms with Gasteiger partial charge in [0.25, 0.3) is 5.91 Å². The first-order valence-corrected chi connectivity index (χ1v) is 7.20. The van der Waals surface area contributed by atoms with Crippen LogP contribution in [0.15, 0.2) is 16.8 Å². The lowest BCUT2D eigenvalue weighted by Gasteiger charge is -2.24. The highest BCUT2D eigenvalue weighted by Gasteiger charge is 2.35. The van der Waals surface area contributed by atoms with Crippen molar-refractivity contribution in [3.8, 4) is 0 Å². The maximum absolute atomic E-state index is 12.4. The molecule has 2 fully saturated rings. The molecular weight excluding hydrogens is 234 g/mol. The second kappa shape index (κ2) is 4.78. The largest absolute Gasteiger partial charge is 0.381 e. The van der Waals surface area contributed by atoms with E-state index in [9.17, 15) is 4.79 Å². The van der Waals surface area contributed by atoms with Crippen molar-refractivity contribution in [3.63, 3.8) is 0 Å². The fourth-order valence-electron chi connectivity index (χ4n) is 2.34. The number of amides is 1. The number of thiophene rings is 1. The topological polar surface area (TPSA) is 29.5 Å². The van der Waals surface area contributed by atoms with E-state index in [1.165, 1.54) is 12.8 Å². The summed E-state index contributed by atoms with van der Waals surface area (Å²) in [6.07, 6.45) is 3.44. The maximum Gasteiger partial charge on any atom is 0.254 e. The molecule has 17 heavy (non-hydrogen) atoms. The van der Waals surface area contributed by atoms with Crippen LogP contribution in [0.4, 0.5) is 0 Å². The molecule has 1 saturated heterocycles. The van der Waals surface area contributed by atoms with Gasteiger partial charge in [-0.2, -0.15) is 11.3 Å². The van der Waals surface area contributed by atoms with Crippen molar-refractivity contribution in [2.45, 2.75) is 25.3 Å². The van der Waals surface area contributed by atoms with Crippen LogP contribution in [0.2, 0.25) is 0 Å². The van der Waals surface area contributed by atoms with Crippen molar-refractivity contribution < 1.29 is 9.53 Å². The van der Waals surface area contributed by atoms with E-state index >= 15 is 0 Å². The van der Waals surface area contributed by atoms with E-state index in [0.29, 0.717) is 12.0 Å². The molecule has 0 bridgehead atoms. The molecule has 2 heterocycles. The van der Waals surface area contributed by atoms with Gasteiger partial charge in [0.2, 0.25) is 0 Å². The summed E-state index contributed by atoms with van der Waals surface area (Å²) >= 11 is 1.59. The molecule has 0 aromatic carbocycles. The van der Waals surface area contributed by atoms with Gasteiger partial charge in [0.1, 0.15) is 0 Å². The lowest BCUT2D eigenvalue weighted by molar-refractivity contribution is 0.0707. The van der Waals surface area contributed by atoms with Gasteiger partial charge in [0, 0.05) is 30.5 Å². The molecule has 1 saturated carbocycles. The summed E-state index contributed by atoms with van der Waals surface area (Å²) in [5.74, 6) is 0.749. The van der Waals surface area contributed by atoms with E-state index in [0.717, 1.165) is 31.7 Å². The van der Waals surface area contributed by atoms with Gasteiger partial charge in [-0.15, -0.1) is 0 Å². The smallest absolute Gasteiger partial charge is 0.254 e. The molecule has 2 aliphatic rings. The normalized spacial score (nSPS) is 23.9. The summed E-state index contributed by atoms with van der Waals surface area (Å²) in [7, 11) is 0. The predicted molar refractivity (Wildman–Crippen MR) is 67.3 cm³/mol. The number of ether oxygens (including phenoxy) is 1. The van der Waals surface area contributed by atoms with Crippen molar-refractivity contribution in [2.24, 2.45) is 5.92 Å². The zero-order valence-electron chi connectivity index (χ0n) is 9.80. The Morgan fingerprint density at radius 3 is 2.94 bits per heavy atom. The van der Waals surface area contributed by atoms with Crippen LogP contribution in [0.3, 0.4) is 0 Å². The Hall–Kier alpha value is -0.870. The molecule has 0 N–H and O–H groups in total. The standard InChI is InChI=1S/C13H17NO2S/c15-13(11-4-6-17-9-11)14(12-1-2-12)7-10-3-5-16-8-10/h4,6,9-10,12H,1-3,5,7-8H2/t10-/m0/s1. The van der Waals surface area contributed by atoms with Gasteiger partial charge in [0.05, 0.1) is 12.2 Å². The average Bonchev–Trinajstić information content (AvgIpc) is 2.86. The van der Waals surface area contributed by atoms with Gasteiger partial charge in [0.15, 0.2) is 0 Å². The van der Waals surface area contributed by atoms with E-state index in [1.807, 2.05) is 16.8 Å². The molecule has 1 aliphatic carbocycles. The van der Waals surface area contributed by atoms with E-state index in [-0.39, 0.29) is 5.91 Å². The first kappa shape index (κ1) is 11.2.